The van der Waals surface area contributed by atoms with Gasteiger partial charge >= 0.3 is 0 Å². The van der Waals surface area contributed by atoms with Crippen molar-refractivity contribution in [2.45, 2.75) is 72.3 Å². The van der Waals surface area contributed by atoms with Crippen LogP contribution in [-0.2, 0) is 24.0 Å². The monoisotopic (exact) mass is 730 g/mol. The molecule has 2 aromatic heterocycles. The molecule has 0 aliphatic carbocycles. The lowest BCUT2D eigenvalue weighted by Gasteiger charge is -2.37. The Morgan fingerprint density at radius 1 is 1.04 bits per heavy atom. The maximum Gasteiger partial charge on any atom is 0.274 e. The summed E-state index contributed by atoms with van der Waals surface area (Å²) in [5.74, 6) is 0.0943. The van der Waals surface area contributed by atoms with Crippen molar-refractivity contribution in [2.24, 2.45) is 0 Å². The van der Waals surface area contributed by atoms with E-state index in [1.807, 2.05) is 50.2 Å². The van der Waals surface area contributed by atoms with Gasteiger partial charge in [-0.25, -0.2) is 9.97 Å². The van der Waals surface area contributed by atoms with Gasteiger partial charge in [-0.3, -0.25) is 9.69 Å². The molecule has 0 saturated heterocycles. The maximum absolute atomic E-state index is 13.7. The molecule has 0 radical (unpaired) electrons. The number of aromatic nitrogens is 2. The summed E-state index contributed by atoms with van der Waals surface area (Å²) in [7, 11) is -1.82. The van der Waals surface area contributed by atoms with Crippen molar-refractivity contribution < 1.29 is 18.7 Å². The molecular weight excluding hydrogens is 687 g/mol. The van der Waals surface area contributed by atoms with Crippen LogP contribution < -0.4 is 5.32 Å². The van der Waals surface area contributed by atoms with Gasteiger partial charge in [-0.1, -0.05) is 68.2 Å². The van der Waals surface area contributed by atoms with Gasteiger partial charge in [0.05, 0.1) is 28.0 Å². The standard InChI is InChI=1S/C39H44Cl2N4O4Si/c1-23-18-33(42-34-21-45(15-14-26(23)34)16-17-48-50(6,7)39(3,4)5)37(47)43-31-13-9-12-29(35(31)41)27-10-8-11-28(24(27)2)38-44-32-20-25(22-46)19-30(40)36(32)49-38/h8-13,18-20,46H,14-17,21-22H2,1-7H3,(H,43,47). The number of carbonyl (C=O) groups excluding carboxylic acids is 1. The molecule has 0 bridgehead atoms. The number of hydrogen-bond donors (Lipinski definition) is 2. The predicted molar refractivity (Wildman–Crippen MR) is 205 cm³/mol. The highest BCUT2D eigenvalue weighted by molar-refractivity contribution is 6.74. The van der Waals surface area contributed by atoms with E-state index >= 15 is 0 Å². The number of carbonyl (C=O) groups is 1. The van der Waals surface area contributed by atoms with Crippen molar-refractivity contribution in [2.75, 3.05) is 25.0 Å². The zero-order chi connectivity index (χ0) is 36.0. The van der Waals surface area contributed by atoms with Crippen molar-refractivity contribution in [3.63, 3.8) is 0 Å². The van der Waals surface area contributed by atoms with E-state index in [9.17, 15) is 9.90 Å². The van der Waals surface area contributed by atoms with Crippen LogP contribution in [0.2, 0.25) is 28.2 Å². The van der Waals surface area contributed by atoms with Gasteiger partial charge in [-0.15, -0.1) is 0 Å². The Hall–Kier alpha value is -3.57. The molecule has 3 heterocycles. The Balaban J connectivity index is 1.21. The first kappa shape index (κ1) is 36.2. The van der Waals surface area contributed by atoms with Crippen LogP contribution in [0.5, 0.6) is 0 Å². The number of oxazole rings is 1. The van der Waals surface area contributed by atoms with Crippen molar-refractivity contribution >= 4 is 54.2 Å². The topological polar surface area (TPSA) is 101 Å². The van der Waals surface area contributed by atoms with E-state index in [0.29, 0.717) is 57.1 Å². The minimum atomic E-state index is -1.82. The fourth-order valence-corrected chi connectivity index (χ4v) is 7.77. The Kier molecular flexibility index (Phi) is 10.3. The first-order valence-electron chi connectivity index (χ1n) is 16.9. The van der Waals surface area contributed by atoms with Gasteiger partial charge in [0.15, 0.2) is 13.9 Å². The van der Waals surface area contributed by atoms with Gasteiger partial charge in [-0.2, -0.15) is 0 Å². The van der Waals surface area contributed by atoms with Crippen LogP contribution in [0.25, 0.3) is 33.7 Å². The van der Waals surface area contributed by atoms with Gasteiger partial charge in [0.2, 0.25) is 5.89 Å². The molecule has 0 atom stereocenters. The van der Waals surface area contributed by atoms with Crippen LogP contribution in [0.1, 0.15) is 59.2 Å². The van der Waals surface area contributed by atoms with Gasteiger partial charge in [0.1, 0.15) is 11.2 Å². The minimum Gasteiger partial charge on any atom is -0.434 e. The van der Waals surface area contributed by atoms with E-state index in [-0.39, 0.29) is 17.6 Å². The van der Waals surface area contributed by atoms with E-state index in [1.165, 1.54) is 5.56 Å². The highest BCUT2D eigenvalue weighted by Crippen LogP contribution is 2.40. The average Bonchev–Trinajstić information content (AvgIpc) is 3.50. The number of aliphatic hydroxyl groups is 1. The summed E-state index contributed by atoms with van der Waals surface area (Å²) < 4.78 is 12.5. The molecule has 2 N–H and O–H groups in total. The summed E-state index contributed by atoms with van der Waals surface area (Å²) >= 11 is 13.4. The first-order chi connectivity index (χ1) is 23.7. The molecule has 11 heteroatoms. The Morgan fingerprint density at radius 3 is 2.50 bits per heavy atom. The zero-order valence-corrected chi connectivity index (χ0v) is 32.2. The molecule has 6 rings (SSSR count). The van der Waals surface area contributed by atoms with E-state index in [2.05, 4.69) is 49.1 Å². The number of hydrogen-bond acceptors (Lipinski definition) is 7. The van der Waals surface area contributed by atoms with Gasteiger partial charge in [-0.05, 0) is 96.5 Å². The lowest BCUT2D eigenvalue weighted by Crippen LogP contribution is -2.43. The molecular formula is C39H44Cl2N4O4Si. The number of nitrogens with zero attached hydrogens (tertiary/aromatic N) is 3. The molecule has 8 nitrogen and oxygen atoms in total. The van der Waals surface area contributed by atoms with Crippen molar-refractivity contribution in [3.05, 3.63) is 98.3 Å². The molecule has 0 spiro atoms. The smallest absolute Gasteiger partial charge is 0.274 e. The SMILES string of the molecule is Cc1cc(C(=O)Nc2cccc(-c3cccc(-c4nc5cc(CO)cc(Cl)c5o4)c3C)c2Cl)nc2c1CCN(CCO[Si](C)(C)C(C)(C)C)C2. The normalized spacial score (nSPS) is 13.9. The summed E-state index contributed by atoms with van der Waals surface area (Å²) in [5.41, 5.74) is 9.06. The first-order valence-corrected chi connectivity index (χ1v) is 20.6. The highest BCUT2D eigenvalue weighted by Gasteiger charge is 2.37. The van der Waals surface area contributed by atoms with Crippen molar-refractivity contribution in [1.29, 1.82) is 0 Å². The number of aryl methyl sites for hydroxylation is 1. The van der Waals surface area contributed by atoms with Gasteiger partial charge < -0.3 is 19.3 Å². The van der Waals surface area contributed by atoms with Crippen LogP contribution in [-0.4, -0.2) is 53.9 Å². The van der Waals surface area contributed by atoms with E-state index in [4.69, 9.17) is 37.0 Å². The number of nitrogens with one attached hydrogen (secondary N) is 1. The lowest BCUT2D eigenvalue weighted by molar-refractivity contribution is 0.102. The molecule has 1 amide bonds. The van der Waals surface area contributed by atoms with Crippen LogP contribution in [0.3, 0.4) is 0 Å². The average molecular weight is 732 g/mol. The molecule has 3 aromatic carbocycles. The predicted octanol–water partition coefficient (Wildman–Crippen LogP) is 9.60. The van der Waals surface area contributed by atoms with E-state index < -0.39 is 8.32 Å². The highest BCUT2D eigenvalue weighted by atomic mass is 35.5. The maximum atomic E-state index is 13.7. The molecule has 50 heavy (non-hydrogen) atoms. The number of aliphatic hydroxyl groups excluding tert-OH is 1. The minimum absolute atomic E-state index is 0.147. The summed E-state index contributed by atoms with van der Waals surface area (Å²) in [5, 5.41) is 13.6. The van der Waals surface area contributed by atoms with Crippen LogP contribution in [0, 0.1) is 13.8 Å². The summed E-state index contributed by atoms with van der Waals surface area (Å²) in [6, 6.07) is 16.7. The molecule has 0 unspecified atom stereocenters. The number of amides is 1. The third kappa shape index (κ3) is 7.26. The van der Waals surface area contributed by atoms with Crippen LogP contribution in [0.4, 0.5) is 5.69 Å². The van der Waals surface area contributed by atoms with Gasteiger partial charge in [0, 0.05) is 37.4 Å². The second-order valence-electron chi connectivity index (χ2n) is 14.6. The second-order valence-corrected chi connectivity index (χ2v) is 20.2. The zero-order valence-electron chi connectivity index (χ0n) is 29.7. The van der Waals surface area contributed by atoms with Crippen LogP contribution >= 0.6 is 23.2 Å². The molecule has 1 aliphatic heterocycles. The third-order valence-corrected chi connectivity index (χ3v) is 15.4. The number of pyridine rings is 1. The molecule has 5 aromatic rings. The second kappa shape index (κ2) is 14.2. The summed E-state index contributed by atoms with van der Waals surface area (Å²) in [6.07, 6.45) is 0.892. The summed E-state index contributed by atoms with van der Waals surface area (Å²) in [4.78, 5) is 25.6. The van der Waals surface area contributed by atoms with E-state index in [1.54, 1.807) is 18.2 Å². The Bertz CT molecular complexity index is 2090. The number of rotatable bonds is 9. The number of anilines is 1. The third-order valence-electron chi connectivity index (χ3n) is 10.2. The Morgan fingerprint density at radius 2 is 1.76 bits per heavy atom. The molecule has 262 valence electrons. The largest absolute Gasteiger partial charge is 0.434 e. The number of fused-ring (bicyclic) bond motifs is 2. The summed E-state index contributed by atoms with van der Waals surface area (Å²) in [6.45, 7) is 18.3. The molecule has 1 aliphatic rings. The van der Waals surface area contributed by atoms with E-state index in [0.717, 1.165) is 53.0 Å². The van der Waals surface area contributed by atoms with Crippen molar-refractivity contribution in [1.82, 2.24) is 14.9 Å². The number of benzene rings is 3. The van der Waals surface area contributed by atoms with Crippen molar-refractivity contribution in [3.8, 4) is 22.6 Å². The molecule has 0 saturated carbocycles. The quantitative estimate of drug-likeness (QED) is 0.146. The van der Waals surface area contributed by atoms with Gasteiger partial charge in [0.25, 0.3) is 5.91 Å². The number of halogens is 2. The van der Waals surface area contributed by atoms with Crippen LogP contribution in [0.15, 0.2) is 59.0 Å². The Labute approximate surface area is 304 Å². The lowest BCUT2D eigenvalue weighted by atomic mass is 9.96. The fourth-order valence-electron chi connectivity index (χ4n) is 6.19. The molecule has 0 fully saturated rings. The fraction of sp³-hybridized carbons (Fsp3) is 0.359.